The molecule has 0 fully saturated rings. The smallest absolute Gasteiger partial charge is 0.326 e. The number of carboxylic acids is 3. The fourth-order valence-corrected chi connectivity index (χ4v) is 2.86. The maximum Gasteiger partial charge on any atom is 0.326 e. The van der Waals surface area contributed by atoms with Crippen molar-refractivity contribution in [1.29, 1.82) is 0 Å². The van der Waals surface area contributed by atoms with E-state index in [2.05, 4.69) is 16.0 Å². The van der Waals surface area contributed by atoms with Gasteiger partial charge in [-0.1, -0.05) is 29.8 Å². The first-order valence-corrected chi connectivity index (χ1v) is 10.8. The van der Waals surface area contributed by atoms with Crippen LogP contribution in [0.3, 0.4) is 0 Å². The Hall–Kier alpha value is -4.16. The maximum atomic E-state index is 12.0. The van der Waals surface area contributed by atoms with Gasteiger partial charge in [-0.25, -0.2) is 14.4 Å². The number of carbonyl (C=O) groups excluding carboxylic acids is 3. The molecule has 35 heavy (non-hydrogen) atoms. The molecule has 1 aromatic rings. The van der Waals surface area contributed by atoms with Crippen LogP contribution < -0.4 is 21.3 Å². The number of rotatable bonds is 15. The Balaban J connectivity index is 2.36. The number of urea groups is 1. The van der Waals surface area contributed by atoms with Gasteiger partial charge in [-0.15, -0.1) is 0 Å². The van der Waals surface area contributed by atoms with Crippen molar-refractivity contribution in [2.45, 2.75) is 51.1 Å². The predicted molar refractivity (Wildman–Crippen MR) is 122 cm³/mol. The summed E-state index contributed by atoms with van der Waals surface area (Å²) in [5.41, 5.74) is 1.93. The monoisotopic (exact) mass is 494 g/mol. The van der Waals surface area contributed by atoms with E-state index in [-0.39, 0.29) is 44.7 Å². The van der Waals surface area contributed by atoms with Gasteiger partial charge in [0.2, 0.25) is 11.8 Å². The minimum atomic E-state index is -1.52. The molecule has 0 radical (unpaired) electrons. The van der Waals surface area contributed by atoms with Crippen molar-refractivity contribution in [2.75, 3.05) is 13.1 Å². The summed E-state index contributed by atoms with van der Waals surface area (Å²) in [5, 5.41) is 36.2. The molecule has 7 N–H and O–H groups in total. The molecular formula is C22H30N4O9. The fourth-order valence-electron chi connectivity index (χ4n) is 2.86. The highest BCUT2D eigenvalue weighted by atomic mass is 16.4. The number of aryl methyl sites for hydroxylation is 1. The predicted octanol–water partition coefficient (Wildman–Crippen LogP) is -0.379. The normalized spacial score (nSPS) is 12.0. The van der Waals surface area contributed by atoms with Crippen molar-refractivity contribution < 1.29 is 44.1 Å². The maximum absolute atomic E-state index is 12.0. The molecule has 1 aromatic carbocycles. The van der Waals surface area contributed by atoms with Gasteiger partial charge in [0.1, 0.15) is 12.1 Å². The fraction of sp³-hybridized carbons (Fsp3) is 0.455. The van der Waals surface area contributed by atoms with Gasteiger partial charge in [-0.05, 0) is 25.3 Å². The largest absolute Gasteiger partial charge is 0.481 e. The Morgan fingerprint density at radius 2 is 1.23 bits per heavy atom. The van der Waals surface area contributed by atoms with E-state index in [0.29, 0.717) is 0 Å². The standard InChI is InChI=1S/C22H30N4O9/c1-13-2-4-14(5-3-13)12-18(28)24-11-10-23-17(27)8-6-15(20(31)32)25-22(35)26-16(21(33)34)7-9-19(29)30/h2-5,15-16H,6-12H2,1H3,(H,23,27)(H,24,28)(H,29,30)(H,31,32)(H,33,34)(H2,25,26,35). The minimum Gasteiger partial charge on any atom is -0.481 e. The third-order valence-electron chi connectivity index (χ3n) is 4.77. The molecule has 0 aliphatic carbocycles. The van der Waals surface area contributed by atoms with Crippen LogP contribution in [0, 0.1) is 6.92 Å². The second-order valence-corrected chi connectivity index (χ2v) is 7.73. The summed E-state index contributed by atoms with van der Waals surface area (Å²) in [4.78, 5) is 68.9. The van der Waals surface area contributed by atoms with Crippen LogP contribution >= 0.6 is 0 Å². The lowest BCUT2D eigenvalue weighted by atomic mass is 10.1. The Morgan fingerprint density at radius 3 is 1.71 bits per heavy atom. The van der Waals surface area contributed by atoms with E-state index in [4.69, 9.17) is 10.2 Å². The molecule has 0 aliphatic heterocycles. The SMILES string of the molecule is Cc1ccc(CC(=O)NCCNC(=O)CCC(NC(=O)NC(CCC(=O)O)C(=O)O)C(=O)O)cc1. The number of hydrogen-bond acceptors (Lipinski definition) is 6. The van der Waals surface area contributed by atoms with Crippen LogP contribution in [0.15, 0.2) is 24.3 Å². The lowest BCUT2D eigenvalue weighted by Gasteiger charge is -2.18. The average Bonchev–Trinajstić information content (AvgIpc) is 2.78. The van der Waals surface area contributed by atoms with Gasteiger partial charge in [0.05, 0.1) is 6.42 Å². The molecule has 0 saturated carbocycles. The van der Waals surface area contributed by atoms with Crippen molar-refractivity contribution in [3.05, 3.63) is 35.4 Å². The highest BCUT2D eigenvalue weighted by Crippen LogP contribution is 2.04. The van der Waals surface area contributed by atoms with Crippen molar-refractivity contribution in [3.63, 3.8) is 0 Å². The third-order valence-corrected chi connectivity index (χ3v) is 4.77. The van der Waals surface area contributed by atoms with E-state index >= 15 is 0 Å². The first kappa shape index (κ1) is 28.9. The topological polar surface area (TPSA) is 211 Å². The number of nitrogens with one attached hydrogen (secondary N) is 4. The Bertz CT molecular complexity index is 918. The highest BCUT2D eigenvalue weighted by Gasteiger charge is 2.25. The molecule has 0 aromatic heterocycles. The van der Waals surface area contributed by atoms with Crippen molar-refractivity contribution in [1.82, 2.24) is 21.3 Å². The number of amides is 4. The zero-order chi connectivity index (χ0) is 26.4. The Kier molecular flexibility index (Phi) is 12.3. The molecule has 0 spiro atoms. The second-order valence-electron chi connectivity index (χ2n) is 7.73. The molecule has 192 valence electrons. The van der Waals surface area contributed by atoms with Gasteiger partial charge in [0.25, 0.3) is 0 Å². The van der Waals surface area contributed by atoms with Crippen LogP contribution in [0.5, 0.6) is 0 Å². The van der Waals surface area contributed by atoms with Gasteiger partial charge in [0.15, 0.2) is 0 Å². The van der Waals surface area contributed by atoms with Crippen LogP contribution in [0.25, 0.3) is 0 Å². The minimum absolute atomic E-state index is 0.119. The molecule has 0 saturated heterocycles. The molecular weight excluding hydrogens is 464 g/mol. The molecule has 2 atom stereocenters. The van der Waals surface area contributed by atoms with Crippen molar-refractivity contribution in [2.24, 2.45) is 0 Å². The van der Waals surface area contributed by atoms with Gasteiger partial charge >= 0.3 is 23.9 Å². The summed E-state index contributed by atoms with van der Waals surface area (Å²) in [6.45, 7) is 2.23. The van der Waals surface area contributed by atoms with Crippen LogP contribution in [-0.4, -0.2) is 76.2 Å². The first-order chi connectivity index (χ1) is 16.5. The lowest BCUT2D eigenvalue weighted by Crippen LogP contribution is -2.51. The summed E-state index contributed by atoms with van der Waals surface area (Å²) in [5.74, 6) is -4.88. The molecule has 0 bridgehead atoms. The van der Waals surface area contributed by atoms with Crippen LogP contribution in [0.1, 0.15) is 36.8 Å². The Morgan fingerprint density at radius 1 is 0.743 bits per heavy atom. The van der Waals surface area contributed by atoms with E-state index in [1.807, 2.05) is 36.5 Å². The molecule has 2 unspecified atom stereocenters. The second kappa shape index (κ2) is 14.9. The van der Waals surface area contributed by atoms with E-state index in [1.54, 1.807) is 0 Å². The Labute approximate surface area is 201 Å². The zero-order valence-electron chi connectivity index (χ0n) is 19.2. The summed E-state index contributed by atoms with van der Waals surface area (Å²) in [6.07, 6.45) is -1.23. The van der Waals surface area contributed by atoms with Gasteiger partial charge in [-0.2, -0.15) is 0 Å². The van der Waals surface area contributed by atoms with E-state index in [1.165, 1.54) is 0 Å². The van der Waals surface area contributed by atoms with Crippen molar-refractivity contribution >= 4 is 35.8 Å². The van der Waals surface area contributed by atoms with E-state index in [0.717, 1.165) is 11.1 Å². The van der Waals surface area contributed by atoms with E-state index < -0.39 is 48.4 Å². The molecule has 13 heteroatoms. The average molecular weight is 495 g/mol. The molecule has 1 rings (SSSR count). The van der Waals surface area contributed by atoms with Gasteiger partial charge in [0, 0.05) is 25.9 Å². The molecule has 0 heterocycles. The number of benzene rings is 1. The lowest BCUT2D eigenvalue weighted by molar-refractivity contribution is -0.141. The first-order valence-electron chi connectivity index (χ1n) is 10.8. The van der Waals surface area contributed by atoms with Crippen LogP contribution in [0.2, 0.25) is 0 Å². The number of carbonyl (C=O) groups is 6. The number of carboxylic acid groups (broad SMARTS) is 3. The highest BCUT2D eigenvalue weighted by molar-refractivity contribution is 5.86. The van der Waals surface area contributed by atoms with Crippen LogP contribution in [0.4, 0.5) is 4.79 Å². The number of aliphatic carboxylic acids is 3. The number of hydrogen-bond donors (Lipinski definition) is 7. The molecule has 13 nitrogen and oxygen atoms in total. The third kappa shape index (κ3) is 12.6. The summed E-state index contributed by atoms with van der Waals surface area (Å²) in [7, 11) is 0. The summed E-state index contributed by atoms with van der Waals surface area (Å²) >= 11 is 0. The summed E-state index contributed by atoms with van der Waals surface area (Å²) in [6, 6.07) is 3.37. The van der Waals surface area contributed by atoms with Crippen molar-refractivity contribution in [3.8, 4) is 0 Å². The van der Waals surface area contributed by atoms with Crippen LogP contribution in [-0.2, 0) is 30.4 Å². The quantitative estimate of drug-likeness (QED) is 0.158. The molecule has 0 aliphatic rings. The zero-order valence-corrected chi connectivity index (χ0v) is 19.2. The summed E-state index contributed by atoms with van der Waals surface area (Å²) < 4.78 is 0. The molecule has 4 amide bonds. The van der Waals surface area contributed by atoms with Gasteiger partial charge < -0.3 is 36.6 Å². The van der Waals surface area contributed by atoms with Gasteiger partial charge in [-0.3, -0.25) is 14.4 Å². The van der Waals surface area contributed by atoms with E-state index in [9.17, 15) is 33.9 Å².